The molecule has 3 heterocycles. The highest BCUT2D eigenvalue weighted by molar-refractivity contribution is 5.87. The third-order valence-electron chi connectivity index (χ3n) is 14.0. The molecule has 1 saturated carbocycles. The number of rotatable bonds is 4. The molecule has 4 aliphatic rings. The quantitative estimate of drug-likeness (QED) is 0.171. The molecule has 1 amide bonds. The molecule has 15 atom stereocenters. The fraction of sp³-hybridized carbons (Fsp3) is 0.755. The number of carbonyl (C=O) groups excluding carboxylic acids is 4. The van der Waals surface area contributed by atoms with E-state index < -0.39 is 71.8 Å². The van der Waals surface area contributed by atoms with Crippen molar-refractivity contribution in [2.75, 3.05) is 13.7 Å². The molecule has 2 bridgehead atoms. The predicted molar refractivity (Wildman–Crippen MR) is 235 cm³/mol. The van der Waals surface area contributed by atoms with Crippen LogP contribution in [0.2, 0.25) is 0 Å². The number of hydrogen-bond acceptors (Lipinski definition) is 12. The largest absolute Gasteiger partial charge is 0.460 e. The van der Waals surface area contributed by atoms with E-state index in [0.29, 0.717) is 77.2 Å². The fourth-order valence-electron chi connectivity index (χ4n) is 9.75. The van der Waals surface area contributed by atoms with Crippen LogP contribution in [0, 0.1) is 35.5 Å². The zero-order valence-electron chi connectivity index (χ0n) is 38.5. The molecular formula is C49H77NO12. The molecule has 3 fully saturated rings. The Labute approximate surface area is 369 Å². The molecule has 13 nitrogen and oxygen atoms in total. The number of aliphatic hydroxyl groups is 5. The van der Waals surface area contributed by atoms with E-state index in [0.717, 1.165) is 5.57 Å². The summed E-state index contributed by atoms with van der Waals surface area (Å²) in [5.41, 5.74) is 1.21. The lowest BCUT2D eigenvalue weighted by Crippen LogP contribution is -2.55. The van der Waals surface area contributed by atoms with Gasteiger partial charge in [-0.1, -0.05) is 71.1 Å². The number of cyclic esters (lactones) is 1. The summed E-state index contributed by atoms with van der Waals surface area (Å²) in [7, 11) is 1.62. The zero-order valence-corrected chi connectivity index (χ0v) is 38.5. The van der Waals surface area contributed by atoms with Crippen LogP contribution in [0.1, 0.15) is 132 Å². The molecule has 1 aliphatic carbocycles. The second kappa shape index (κ2) is 23.8. The lowest BCUT2D eigenvalue weighted by atomic mass is 9.78. The molecular weight excluding hydrogens is 795 g/mol. The number of carbonyl (C=O) groups is 4. The molecule has 350 valence electrons. The summed E-state index contributed by atoms with van der Waals surface area (Å²) >= 11 is 0. The average molecular weight is 872 g/mol. The Morgan fingerprint density at radius 1 is 0.855 bits per heavy atom. The van der Waals surface area contributed by atoms with Crippen molar-refractivity contribution in [1.29, 1.82) is 0 Å². The smallest absolute Gasteiger partial charge is 0.329 e. The zero-order chi connectivity index (χ0) is 45.9. The summed E-state index contributed by atoms with van der Waals surface area (Å²) in [6.07, 6.45) is 10.0. The van der Waals surface area contributed by atoms with Crippen LogP contribution in [0.25, 0.3) is 0 Å². The number of amides is 1. The van der Waals surface area contributed by atoms with Crippen molar-refractivity contribution < 1.29 is 58.9 Å². The van der Waals surface area contributed by atoms with Gasteiger partial charge in [0, 0.05) is 44.2 Å². The first-order valence-electron chi connectivity index (χ1n) is 23.2. The number of piperidine rings is 1. The van der Waals surface area contributed by atoms with Crippen LogP contribution < -0.4 is 0 Å². The highest BCUT2D eigenvalue weighted by Crippen LogP contribution is 2.38. The third-order valence-corrected chi connectivity index (χ3v) is 14.0. The van der Waals surface area contributed by atoms with Gasteiger partial charge in [0.05, 0.1) is 30.8 Å². The number of aliphatic hydroxyl groups excluding tert-OH is 4. The summed E-state index contributed by atoms with van der Waals surface area (Å²) in [5.74, 6) is -5.62. The van der Waals surface area contributed by atoms with Crippen molar-refractivity contribution in [2.45, 2.75) is 186 Å². The number of methoxy groups -OCH3 is 1. The monoisotopic (exact) mass is 872 g/mol. The lowest BCUT2D eigenvalue weighted by Gasteiger charge is -2.44. The molecule has 1 unspecified atom stereocenters. The molecule has 0 radical (unpaired) electrons. The minimum absolute atomic E-state index is 0.0125. The van der Waals surface area contributed by atoms with Crippen LogP contribution in [0.3, 0.4) is 0 Å². The summed E-state index contributed by atoms with van der Waals surface area (Å²) in [4.78, 5) is 57.2. The Balaban J connectivity index is 1.65. The van der Waals surface area contributed by atoms with Gasteiger partial charge in [-0.3, -0.25) is 14.4 Å². The fourth-order valence-corrected chi connectivity index (χ4v) is 9.75. The van der Waals surface area contributed by atoms with Crippen molar-refractivity contribution in [1.82, 2.24) is 4.90 Å². The second-order valence-corrected chi connectivity index (χ2v) is 19.3. The van der Waals surface area contributed by atoms with E-state index in [4.69, 9.17) is 14.2 Å². The topological polar surface area (TPSA) is 200 Å². The van der Waals surface area contributed by atoms with Gasteiger partial charge in [-0.15, -0.1) is 0 Å². The normalized spacial score (nSPS) is 41.8. The van der Waals surface area contributed by atoms with E-state index >= 15 is 0 Å². The molecule has 0 spiro atoms. The Morgan fingerprint density at radius 2 is 1.58 bits per heavy atom. The van der Waals surface area contributed by atoms with Crippen LogP contribution in [0.4, 0.5) is 0 Å². The predicted octanol–water partition coefficient (Wildman–Crippen LogP) is 5.69. The van der Waals surface area contributed by atoms with Gasteiger partial charge in [-0.2, -0.15) is 0 Å². The lowest BCUT2D eigenvalue weighted by molar-refractivity contribution is -0.284. The average Bonchev–Trinajstić information content (AvgIpc) is 3.23. The van der Waals surface area contributed by atoms with E-state index in [2.05, 4.69) is 0 Å². The highest BCUT2D eigenvalue weighted by Gasteiger charge is 2.46. The Kier molecular flexibility index (Phi) is 19.8. The summed E-state index contributed by atoms with van der Waals surface area (Å²) in [6, 6.07) is -0.935. The van der Waals surface area contributed by atoms with E-state index in [-0.39, 0.29) is 60.1 Å². The van der Waals surface area contributed by atoms with Gasteiger partial charge in [0.1, 0.15) is 30.1 Å². The number of ketones is 2. The van der Waals surface area contributed by atoms with Crippen LogP contribution >= 0.6 is 0 Å². The van der Waals surface area contributed by atoms with Crippen LogP contribution in [-0.4, -0.2) is 122 Å². The molecule has 0 aromatic heterocycles. The minimum Gasteiger partial charge on any atom is -0.460 e. The van der Waals surface area contributed by atoms with Gasteiger partial charge in [0.15, 0.2) is 11.6 Å². The van der Waals surface area contributed by atoms with Crippen molar-refractivity contribution in [3.8, 4) is 0 Å². The number of Topliss-reactive ketones (excluding diaryl/α,β-unsaturated/α-hetero) is 2. The third kappa shape index (κ3) is 14.2. The number of esters is 1. The van der Waals surface area contributed by atoms with Gasteiger partial charge in [0.2, 0.25) is 5.91 Å². The van der Waals surface area contributed by atoms with Gasteiger partial charge < -0.3 is 44.6 Å². The summed E-state index contributed by atoms with van der Waals surface area (Å²) in [6.45, 7) is 12.9. The maximum absolute atomic E-state index is 14.3. The second-order valence-electron chi connectivity index (χ2n) is 19.3. The maximum Gasteiger partial charge on any atom is 0.329 e. The van der Waals surface area contributed by atoms with Crippen molar-refractivity contribution in [3.63, 3.8) is 0 Å². The van der Waals surface area contributed by atoms with Crippen molar-refractivity contribution in [2.24, 2.45) is 35.5 Å². The van der Waals surface area contributed by atoms with E-state index in [1.165, 1.54) is 11.0 Å². The van der Waals surface area contributed by atoms with Crippen molar-refractivity contribution in [3.05, 3.63) is 47.6 Å². The summed E-state index contributed by atoms with van der Waals surface area (Å²) in [5, 5.41) is 54.6. The standard InChI is InChI=1S/C49H77NO12/c1-29-14-10-9-11-15-30(2)42(60-8)26-37-19-17-35(7)49(59,62-37)28-44(54)50-21-13-12-16-38(50)48(58)61-43(32(4)24-36-18-20-39(51)41(53)25-36)27-40(52)31(3)23-34(6)46(56)47(57)45(55)33(5)22-29/h9-11,14-15,23,29,31-33,35-39,41-43,46-47,51,53,56-57,59H,12-13,16-22,24-28H2,1-8H3/b11-9+,14-10-,30-15+,34-23+/t29-,31-,32-,33-,35-,36?,37+,38+,39+,41+,42+,43+,46-,47+,49+/m1/s1. The van der Waals surface area contributed by atoms with Gasteiger partial charge in [-0.05, 0) is 107 Å². The van der Waals surface area contributed by atoms with Crippen LogP contribution in [0.5, 0.6) is 0 Å². The molecule has 0 aromatic carbocycles. The van der Waals surface area contributed by atoms with Crippen LogP contribution in [-0.2, 0) is 33.4 Å². The first kappa shape index (κ1) is 51.6. The van der Waals surface area contributed by atoms with E-state index in [1.54, 1.807) is 27.9 Å². The van der Waals surface area contributed by atoms with Gasteiger partial charge in [0.25, 0.3) is 0 Å². The molecule has 13 heteroatoms. The minimum atomic E-state index is -1.76. The Hall–Kier alpha value is -3.04. The highest BCUT2D eigenvalue weighted by atomic mass is 16.6. The molecule has 62 heavy (non-hydrogen) atoms. The number of ether oxygens (including phenoxy) is 3. The molecule has 2 saturated heterocycles. The number of fused-ring (bicyclic) bond motifs is 3. The first-order valence-corrected chi connectivity index (χ1v) is 23.2. The summed E-state index contributed by atoms with van der Waals surface area (Å²) < 4.78 is 18.5. The Morgan fingerprint density at radius 3 is 2.27 bits per heavy atom. The molecule has 0 aromatic rings. The van der Waals surface area contributed by atoms with E-state index in [9.17, 15) is 44.7 Å². The van der Waals surface area contributed by atoms with Crippen LogP contribution in [0.15, 0.2) is 47.6 Å². The number of allylic oxidation sites excluding steroid dienone is 6. The maximum atomic E-state index is 14.3. The molecule has 3 aliphatic heterocycles. The SMILES string of the molecule is CO[C@H]1C[C@@H]2CC[C@@H](C)[C@](O)(CC(=O)N3CCCC[C@H]3C(=O)O[C@H]([C@H](C)CC3CC[C@H](O)[C@@H](O)C3)CC(=O)[C@H](C)/C=C(\C)[C@@H](O)[C@@H](O)C(=O)[C@H](C)C[C@H](C)\C=C/C=C/C=C/1C)O2. The number of hydrogen-bond donors (Lipinski definition) is 5. The van der Waals surface area contributed by atoms with Gasteiger partial charge in [-0.25, -0.2) is 4.79 Å². The molecule has 5 N–H and O–H groups in total. The molecule has 4 rings (SSSR count). The van der Waals surface area contributed by atoms with Crippen molar-refractivity contribution >= 4 is 23.4 Å². The van der Waals surface area contributed by atoms with E-state index in [1.807, 2.05) is 58.1 Å². The Bertz CT molecular complexity index is 1640. The number of nitrogens with zero attached hydrogens (tertiary/aromatic N) is 1. The first-order chi connectivity index (χ1) is 29.2. The van der Waals surface area contributed by atoms with Gasteiger partial charge >= 0.3 is 5.97 Å².